The normalized spacial score (nSPS) is 17.9. The first kappa shape index (κ1) is 20.1. The fourth-order valence-electron chi connectivity index (χ4n) is 2.79. The average Bonchev–Trinajstić information content (AvgIpc) is 3.44. The van der Waals surface area contributed by atoms with Crippen molar-refractivity contribution in [3.05, 3.63) is 29.3 Å². The molecule has 138 valence electrons. The van der Waals surface area contributed by atoms with E-state index in [4.69, 9.17) is 17.3 Å². The van der Waals surface area contributed by atoms with Gasteiger partial charge < -0.3 is 20.9 Å². The highest BCUT2D eigenvalue weighted by atomic mass is 127. The minimum absolute atomic E-state index is 0. The van der Waals surface area contributed by atoms with E-state index in [0.717, 1.165) is 44.0 Å². The van der Waals surface area contributed by atoms with E-state index in [-0.39, 0.29) is 35.8 Å². The highest BCUT2D eigenvalue weighted by Gasteiger charge is 2.29. The van der Waals surface area contributed by atoms with Gasteiger partial charge in [0.15, 0.2) is 5.96 Å². The highest BCUT2D eigenvalue weighted by Crippen LogP contribution is 2.28. The van der Waals surface area contributed by atoms with Crippen LogP contribution in [-0.4, -0.2) is 56.0 Å². The molecule has 1 saturated carbocycles. The summed E-state index contributed by atoms with van der Waals surface area (Å²) in [6.07, 6.45) is 2.05. The van der Waals surface area contributed by atoms with E-state index >= 15 is 0 Å². The number of nitrogens with zero attached hydrogens (tertiary/aromatic N) is 3. The van der Waals surface area contributed by atoms with Crippen LogP contribution in [-0.2, 0) is 4.79 Å². The largest absolute Gasteiger partial charge is 0.370 e. The number of nitrogens with two attached hydrogens (primary N) is 1. The average molecular weight is 478 g/mol. The van der Waals surface area contributed by atoms with E-state index in [0.29, 0.717) is 19.0 Å². The van der Waals surface area contributed by atoms with Crippen LogP contribution in [0.15, 0.2) is 29.3 Å². The van der Waals surface area contributed by atoms with Crippen LogP contribution in [0.3, 0.4) is 0 Å². The molecule has 25 heavy (non-hydrogen) atoms. The molecule has 1 heterocycles. The van der Waals surface area contributed by atoms with Gasteiger partial charge in [0.25, 0.3) is 0 Å². The lowest BCUT2D eigenvalue weighted by atomic mass is 10.2. The van der Waals surface area contributed by atoms with Crippen LogP contribution in [0.2, 0.25) is 5.02 Å². The minimum atomic E-state index is 0. The lowest BCUT2D eigenvalue weighted by molar-refractivity contribution is -0.122. The number of aliphatic imine (C=N–C) groups is 1. The van der Waals surface area contributed by atoms with Crippen molar-refractivity contribution in [2.24, 2.45) is 16.6 Å². The molecule has 1 saturated heterocycles. The predicted molar refractivity (Wildman–Crippen MR) is 113 cm³/mol. The quantitative estimate of drug-likeness (QED) is 0.294. The number of amides is 1. The van der Waals surface area contributed by atoms with Crippen molar-refractivity contribution in [1.82, 2.24) is 10.2 Å². The van der Waals surface area contributed by atoms with Crippen molar-refractivity contribution in [2.75, 3.05) is 44.2 Å². The van der Waals surface area contributed by atoms with Gasteiger partial charge in [-0.05, 0) is 37.1 Å². The number of halogens is 2. The summed E-state index contributed by atoms with van der Waals surface area (Å²) in [5, 5.41) is 3.65. The SMILES string of the molecule is I.NC(=NCCNC(=O)C1CC1)N1CCN(c2ccc(Cl)cc2)CC1. The zero-order chi connectivity index (χ0) is 16.9. The number of piperazine rings is 1. The van der Waals surface area contributed by atoms with E-state index in [2.05, 4.69) is 20.1 Å². The third-order valence-electron chi connectivity index (χ3n) is 4.43. The van der Waals surface area contributed by atoms with E-state index < -0.39 is 0 Å². The summed E-state index contributed by atoms with van der Waals surface area (Å²) in [5.41, 5.74) is 7.25. The van der Waals surface area contributed by atoms with E-state index in [1.54, 1.807) is 0 Å². The number of carbonyl (C=O) groups is 1. The van der Waals surface area contributed by atoms with Gasteiger partial charge in [-0.15, -0.1) is 24.0 Å². The Bertz CT molecular complexity index is 598. The summed E-state index contributed by atoms with van der Waals surface area (Å²) in [5.74, 6) is 0.957. The lowest BCUT2D eigenvalue weighted by Gasteiger charge is -2.36. The summed E-state index contributed by atoms with van der Waals surface area (Å²) in [7, 11) is 0. The zero-order valence-electron chi connectivity index (χ0n) is 14.2. The van der Waals surface area contributed by atoms with E-state index in [1.807, 2.05) is 24.3 Å². The fourth-order valence-corrected chi connectivity index (χ4v) is 2.91. The fraction of sp³-hybridized carbons (Fsp3) is 0.529. The van der Waals surface area contributed by atoms with Gasteiger partial charge in [0.1, 0.15) is 0 Å². The molecule has 0 bridgehead atoms. The summed E-state index contributed by atoms with van der Waals surface area (Å²) < 4.78 is 0. The van der Waals surface area contributed by atoms with Crippen molar-refractivity contribution in [3.8, 4) is 0 Å². The Morgan fingerprint density at radius 1 is 1.20 bits per heavy atom. The molecule has 8 heteroatoms. The molecule has 3 rings (SSSR count). The van der Waals surface area contributed by atoms with Crippen LogP contribution in [0.4, 0.5) is 5.69 Å². The van der Waals surface area contributed by atoms with Gasteiger partial charge in [-0.2, -0.15) is 0 Å². The number of hydrogen-bond donors (Lipinski definition) is 2. The summed E-state index contributed by atoms with van der Waals surface area (Å²) in [6, 6.07) is 7.90. The maximum atomic E-state index is 11.5. The van der Waals surface area contributed by atoms with Crippen LogP contribution in [0.5, 0.6) is 0 Å². The Balaban J connectivity index is 0.00000225. The standard InChI is InChI=1S/C17H24ClN5O.HI/c18-14-3-5-15(6-4-14)22-9-11-23(12-10-22)17(19)21-8-7-20-16(24)13-1-2-13;/h3-6,13H,1-2,7-12H2,(H2,19,21)(H,20,24);1H. The molecule has 2 aliphatic rings. The number of hydrogen-bond acceptors (Lipinski definition) is 3. The second-order valence-corrected chi connectivity index (χ2v) is 6.69. The van der Waals surface area contributed by atoms with Gasteiger partial charge in [-0.3, -0.25) is 9.79 Å². The van der Waals surface area contributed by atoms with Crippen LogP contribution < -0.4 is 16.0 Å². The molecule has 1 aromatic rings. The van der Waals surface area contributed by atoms with Gasteiger partial charge in [0.05, 0.1) is 6.54 Å². The van der Waals surface area contributed by atoms with Gasteiger partial charge in [0, 0.05) is 49.4 Å². The predicted octanol–water partition coefficient (Wildman–Crippen LogP) is 1.92. The first-order valence-electron chi connectivity index (χ1n) is 8.46. The molecule has 2 fully saturated rings. The molecule has 1 aliphatic carbocycles. The first-order valence-corrected chi connectivity index (χ1v) is 8.84. The van der Waals surface area contributed by atoms with Crippen molar-refractivity contribution in [3.63, 3.8) is 0 Å². The monoisotopic (exact) mass is 477 g/mol. The number of anilines is 1. The molecular formula is C17H25ClIN5O. The molecule has 1 aliphatic heterocycles. The molecule has 0 spiro atoms. The smallest absolute Gasteiger partial charge is 0.223 e. The van der Waals surface area contributed by atoms with Crippen LogP contribution in [0, 0.1) is 5.92 Å². The Morgan fingerprint density at radius 2 is 1.84 bits per heavy atom. The number of rotatable bonds is 5. The molecule has 0 aromatic heterocycles. The molecule has 0 unspecified atom stereocenters. The minimum Gasteiger partial charge on any atom is -0.370 e. The molecule has 3 N–H and O–H groups in total. The number of carbonyl (C=O) groups excluding carboxylic acids is 1. The van der Waals surface area contributed by atoms with Crippen LogP contribution >= 0.6 is 35.6 Å². The summed E-state index contributed by atoms with van der Waals surface area (Å²) in [6.45, 7) is 4.56. The Labute approximate surface area is 170 Å². The van der Waals surface area contributed by atoms with Gasteiger partial charge >= 0.3 is 0 Å². The van der Waals surface area contributed by atoms with Crippen molar-refractivity contribution in [1.29, 1.82) is 0 Å². The molecule has 1 amide bonds. The Kier molecular flexibility index (Phi) is 7.61. The van der Waals surface area contributed by atoms with E-state index in [9.17, 15) is 4.79 Å². The first-order chi connectivity index (χ1) is 11.6. The number of nitrogens with one attached hydrogen (secondary N) is 1. The third-order valence-corrected chi connectivity index (χ3v) is 4.68. The van der Waals surface area contributed by atoms with Crippen molar-refractivity contribution >= 4 is 53.1 Å². The third kappa shape index (κ3) is 5.91. The summed E-state index contributed by atoms with van der Waals surface area (Å²) in [4.78, 5) is 20.3. The lowest BCUT2D eigenvalue weighted by Crippen LogP contribution is -2.51. The maximum Gasteiger partial charge on any atom is 0.223 e. The number of benzene rings is 1. The molecular weight excluding hydrogens is 453 g/mol. The van der Waals surface area contributed by atoms with Crippen LogP contribution in [0.1, 0.15) is 12.8 Å². The summed E-state index contributed by atoms with van der Waals surface area (Å²) >= 11 is 5.93. The van der Waals surface area contributed by atoms with Crippen molar-refractivity contribution < 1.29 is 4.79 Å². The Hall–Kier alpha value is -1.22. The molecule has 0 atom stereocenters. The zero-order valence-corrected chi connectivity index (χ0v) is 17.2. The molecule has 1 aromatic carbocycles. The highest BCUT2D eigenvalue weighted by molar-refractivity contribution is 14.0. The maximum absolute atomic E-state index is 11.5. The number of guanidine groups is 1. The van der Waals surface area contributed by atoms with Crippen molar-refractivity contribution in [2.45, 2.75) is 12.8 Å². The van der Waals surface area contributed by atoms with Gasteiger partial charge in [-0.25, -0.2) is 0 Å². The molecule has 0 radical (unpaired) electrons. The topological polar surface area (TPSA) is 74.0 Å². The van der Waals surface area contributed by atoms with Gasteiger partial charge in [0.2, 0.25) is 5.91 Å². The second-order valence-electron chi connectivity index (χ2n) is 6.26. The Morgan fingerprint density at radius 3 is 2.44 bits per heavy atom. The van der Waals surface area contributed by atoms with Crippen LogP contribution in [0.25, 0.3) is 0 Å². The van der Waals surface area contributed by atoms with Gasteiger partial charge in [-0.1, -0.05) is 11.6 Å². The van der Waals surface area contributed by atoms with E-state index in [1.165, 1.54) is 5.69 Å². The molecule has 6 nitrogen and oxygen atoms in total. The second kappa shape index (κ2) is 9.47.